The molecule has 2 fully saturated rings. The van der Waals surface area contributed by atoms with E-state index >= 15 is 0 Å². The lowest BCUT2D eigenvalue weighted by atomic mass is 10.1. The molecular formula is C9H14N2O2. The molecule has 2 rings (SSSR count). The molecule has 0 aromatic carbocycles. The van der Waals surface area contributed by atoms with Gasteiger partial charge in [0.15, 0.2) is 0 Å². The van der Waals surface area contributed by atoms with E-state index in [2.05, 4.69) is 5.32 Å². The molecule has 4 heteroatoms. The van der Waals surface area contributed by atoms with E-state index in [0.29, 0.717) is 12.8 Å². The highest BCUT2D eigenvalue weighted by molar-refractivity contribution is 6.02. The molecule has 0 aliphatic carbocycles. The molecule has 2 saturated heterocycles. The molecule has 1 unspecified atom stereocenters. The normalized spacial score (nSPS) is 29.8. The average molecular weight is 182 g/mol. The smallest absolute Gasteiger partial charge is 0.229 e. The van der Waals surface area contributed by atoms with Crippen LogP contribution in [0.4, 0.5) is 0 Å². The van der Waals surface area contributed by atoms with Crippen LogP contribution in [0, 0.1) is 0 Å². The Morgan fingerprint density at radius 3 is 2.46 bits per heavy atom. The lowest BCUT2D eigenvalue weighted by Gasteiger charge is -2.29. The summed E-state index contributed by atoms with van der Waals surface area (Å²) in [6.07, 6.45) is 2.84. The second-order valence-electron chi connectivity index (χ2n) is 3.66. The molecule has 1 atom stereocenters. The van der Waals surface area contributed by atoms with Crippen molar-refractivity contribution < 1.29 is 9.59 Å². The van der Waals surface area contributed by atoms with Crippen LogP contribution in [0.3, 0.4) is 0 Å². The maximum absolute atomic E-state index is 11.4. The van der Waals surface area contributed by atoms with Crippen molar-refractivity contribution in [3.8, 4) is 0 Å². The van der Waals surface area contributed by atoms with Crippen LogP contribution in [0.1, 0.15) is 25.7 Å². The number of hydrogen-bond donors (Lipinski definition) is 1. The lowest BCUT2D eigenvalue weighted by molar-refractivity contribution is -0.141. The van der Waals surface area contributed by atoms with E-state index < -0.39 is 0 Å². The summed E-state index contributed by atoms with van der Waals surface area (Å²) in [7, 11) is 0. The molecule has 0 saturated carbocycles. The van der Waals surface area contributed by atoms with Crippen molar-refractivity contribution >= 4 is 11.8 Å². The average Bonchev–Trinajstić information content (AvgIpc) is 2.48. The van der Waals surface area contributed by atoms with Gasteiger partial charge in [0.1, 0.15) is 0 Å². The van der Waals surface area contributed by atoms with Crippen LogP contribution in [-0.4, -0.2) is 35.8 Å². The number of amides is 2. The minimum absolute atomic E-state index is 0.0127. The van der Waals surface area contributed by atoms with E-state index in [9.17, 15) is 9.59 Å². The van der Waals surface area contributed by atoms with Crippen molar-refractivity contribution in [2.24, 2.45) is 0 Å². The standard InChI is InChI=1S/C9H14N2O2/c12-8-3-4-9(13)11(8)7-2-1-5-10-6-7/h7,10H,1-6H2. The van der Waals surface area contributed by atoms with Crippen molar-refractivity contribution in [2.75, 3.05) is 13.1 Å². The molecule has 4 nitrogen and oxygen atoms in total. The van der Waals surface area contributed by atoms with Crippen LogP contribution in [-0.2, 0) is 9.59 Å². The van der Waals surface area contributed by atoms with E-state index in [1.165, 1.54) is 4.90 Å². The second kappa shape index (κ2) is 3.46. The van der Waals surface area contributed by atoms with Gasteiger partial charge in [-0.15, -0.1) is 0 Å². The fourth-order valence-electron chi connectivity index (χ4n) is 2.05. The number of carbonyl (C=O) groups excluding carboxylic acids is 2. The van der Waals surface area contributed by atoms with E-state index in [1.807, 2.05) is 0 Å². The minimum Gasteiger partial charge on any atom is -0.315 e. The molecule has 2 heterocycles. The number of nitrogens with one attached hydrogen (secondary N) is 1. The predicted octanol–water partition coefficient (Wildman–Crippen LogP) is -0.113. The summed E-state index contributed by atoms with van der Waals surface area (Å²) in [6.45, 7) is 1.78. The van der Waals surface area contributed by atoms with Gasteiger partial charge >= 0.3 is 0 Å². The summed E-state index contributed by atoms with van der Waals surface area (Å²) in [6, 6.07) is 0.122. The van der Waals surface area contributed by atoms with Gasteiger partial charge in [0.05, 0.1) is 6.04 Å². The van der Waals surface area contributed by atoms with Crippen molar-refractivity contribution in [3.63, 3.8) is 0 Å². The number of rotatable bonds is 1. The van der Waals surface area contributed by atoms with E-state index in [0.717, 1.165) is 25.9 Å². The molecule has 0 aromatic rings. The quantitative estimate of drug-likeness (QED) is 0.575. The number of imide groups is 1. The van der Waals surface area contributed by atoms with Crippen molar-refractivity contribution in [2.45, 2.75) is 31.7 Å². The van der Waals surface area contributed by atoms with Crippen LogP contribution < -0.4 is 5.32 Å². The van der Waals surface area contributed by atoms with Gasteiger partial charge in [0.25, 0.3) is 0 Å². The zero-order valence-electron chi connectivity index (χ0n) is 7.58. The SMILES string of the molecule is O=C1CCC(=O)N1C1CCCNC1. The third-order valence-electron chi connectivity index (χ3n) is 2.73. The van der Waals surface area contributed by atoms with E-state index in [1.54, 1.807) is 0 Å². The molecule has 0 spiro atoms. The van der Waals surface area contributed by atoms with Gasteiger partial charge in [-0.2, -0.15) is 0 Å². The van der Waals surface area contributed by atoms with E-state index in [-0.39, 0.29) is 17.9 Å². The lowest BCUT2D eigenvalue weighted by Crippen LogP contribution is -2.48. The first-order valence-corrected chi connectivity index (χ1v) is 4.84. The first-order chi connectivity index (χ1) is 6.29. The predicted molar refractivity (Wildman–Crippen MR) is 47.0 cm³/mol. The topological polar surface area (TPSA) is 49.4 Å². The van der Waals surface area contributed by atoms with Gasteiger partial charge in [-0.1, -0.05) is 0 Å². The first kappa shape index (κ1) is 8.69. The van der Waals surface area contributed by atoms with Gasteiger partial charge in [0, 0.05) is 19.4 Å². The summed E-state index contributed by atoms with van der Waals surface area (Å²) in [4.78, 5) is 24.2. The van der Waals surface area contributed by atoms with Gasteiger partial charge in [-0.05, 0) is 19.4 Å². The largest absolute Gasteiger partial charge is 0.315 e. The highest BCUT2D eigenvalue weighted by atomic mass is 16.2. The molecule has 1 N–H and O–H groups in total. The third kappa shape index (κ3) is 1.58. The van der Waals surface area contributed by atoms with Gasteiger partial charge in [0.2, 0.25) is 11.8 Å². The van der Waals surface area contributed by atoms with E-state index in [4.69, 9.17) is 0 Å². The number of piperidine rings is 1. The Balaban J connectivity index is 2.05. The molecule has 0 radical (unpaired) electrons. The summed E-state index contributed by atoms with van der Waals surface area (Å²) >= 11 is 0. The Morgan fingerprint density at radius 2 is 1.92 bits per heavy atom. The number of hydrogen-bond acceptors (Lipinski definition) is 3. The second-order valence-corrected chi connectivity index (χ2v) is 3.66. The maximum atomic E-state index is 11.4. The van der Waals surface area contributed by atoms with Crippen LogP contribution in [0.25, 0.3) is 0 Å². The fraction of sp³-hybridized carbons (Fsp3) is 0.778. The highest BCUT2D eigenvalue weighted by Crippen LogP contribution is 2.19. The first-order valence-electron chi connectivity index (χ1n) is 4.84. The molecule has 2 aliphatic rings. The summed E-state index contributed by atoms with van der Waals surface area (Å²) in [5, 5.41) is 3.21. The molecule has 0 bridgehead atoms. The summed E-state index contributed by atoms with van der Waals surface area (Å²) in [5.41, 5.74) is 0. The fourth-order valence-corrected chi connectivity index (χ4v) is 2.05. The Bertz CT molecular complexity index is 218. The van der Waals surface area contributed by atoms with Gasteiger partial charge < -0.3 is 5.32 Å². The number of carbonyl (C=O) groups is 2. The van der Waals surface area contributed by atoms with Gasteiger partial charge in [-0.3, -0.25) is 14.5 Å². The van der Waals surface area contributed by atoms with Crippen molar-refractivity contribution in [1.29, 1.82) is 0 Å². The zero-order valence-corrected chi connectivity index (χ0v) is 7.58. The Hall–Kier alpha value is -0.900. The number of nitrogens with zero attached hydrogens (tertiary/aromatic N) is 1. The van der Waals surface area contributed by atoms with Crippen LogP contribution in [0.2, 0.25) is 0 Å². The minimum atomic E-state index is 0.0127. The Morgan fingerprint density at radius 1 is 1.23 bits per heavy atom. The van der Waals surface area contributed by atoms with Gasteiger partial charge in [-0.25, -0.2) is 0 Å². The van der Waals surface area contributed by atoms with Crippen molar-refractivity contribution in [1.82, 2.24) is 10.2 Å². The maximum Gasteiger partial charge on any atom is 0.229 e. The molecule has 72 valence electrons. The highest BCUT2D eigenvalue weighted by Gasteiger charge is 2.35. The van der Waals surface area contributed by atoms with Crippen LogP contribution in [0.5, 0.6) is 0 Å². The monoisotopic (exact) mass is 182 g/mol. The van der Waals surface area contributed by atoms with Crippen LogP contribution >= 0.6 is 0 Å². The molecule has 0 aromatic heterocycles. The summed E-state index contributed by atoms with van der Waals surface area (Å²) < 4.78 is 0. The Labute approximate surface area is 77.3 Å². The zero-order chi connectivity index (χ0) is 9.26. The third-order valence-corrected chi connectivity index (χ3v) is 2.73. The molecule has 2 aliphatic heterocycles. The van der Waals surface area contributed by atoms with Crippen molar-refractivity contribution in [3.05, 3.63) is 0 Å². The molecule has 2 amide bonds. The molecular weight excluding hydrogens is 168 g/mol. The summed E-state index contributed by atoms with van der Waals surface area (Å²) in [5.74, 6) is 0.0254. The Kier molecular flexibility index (Phi) is 2.31. The molecule has 13 heavy (non-hydrogen) atoms. The number of likely N-dealkylation sites (tertiary alicyclic amines) is 1. The van der Waals surface area contributed by atoms with Crippen LogP contribution in [0.15, 0.2) is 0 Å².